The molecule has 0 aliphatic carbocycles. The van der Waals surface area contributed by atoms with Gasteiger partial charge in [0.1, 0.15) is 0 Å². The zero-order chi connectivity index (χ0) is 14.0. The van der Waals surface area contributed by atoms with Gasteiger partial charge >= 0.3 is 0 Å². The van der Waals surface area contributed by atoms with Gasteiger partial charge in [-0.2, -0.15) is 0 Å². The summed E-state index contributed by atoms with van der Waals surface area (Å²) in [6.45, 7) is 2.49. The van der Waals surface area contributed by atoms with Crippen LogP contribution in [0.2, 0.25) is 0 Å². The van der Waals surface area contributed by atoms with E-state index < -0.39 is 23.4 Å². The Morgan fingerprint density at radius 3 is 2.68 bits per heavy atom. The molecule has 1 unspecified atom stereocenters. The molecule has 1 atom stereocenters. The van der Waals surface area contributed by atoms with Gasteiger partial charge in [-0.3, -0.25) is 4.79 Å². The Morgan fingerprint density at radius 2 is 2.00 bits per heavy atom. The second-order valence-corrected chi connectivity index (χ2v) is 4.78. The first-order chi connectivity index (χ1) is 9.06. The molecular formula is C14H16F3NO. The van der Waals surface area contributed by atoms with Gasteiger partial charge in [0.05, 0.1) is 5.56 Å². The van der Waals surface area contributed by atoms with E-state index in [1.54, 1.807) is 4.90 Å². The van der Waals surface area contributed by atoms with Crippen LogP contribution in [0.4, 0.5) is 13.2 Å². The fraction of sp³-hybridized carbons (Fsp3) is 0.500. The van der Waals surface area contributed by atoms with Crippen molar-refractivity contribution in [3.8, 4) is 0 Å². The standard InChI is InChI=1S/C14H16F3NO/c1-2-9-5-3-4-8-18(9)14(19)10-6-7-11(15)13(17)12(10)16/h6-7,9H,2-5,8H2,1H3. The molecule has 2 rings (SSSR count). The van der Waals surface area contributed by atoms with Crippen molar-refractivity contribution in [2.24, 2.45) is 0 Å². The molecule has 1 aromatic rings. The Kier molecular flexibility index (Phi) is 4.12. The highest BCUT2D eigenvalue weighted by atomic mass is 19.2. The van der Waals surface area contributed by atoms with E-state index in [1.807, 2.05) is 6.92 Å². The van der Waals surface area contributed by atoms with Crippen molar-refractivity contribution < 1.29 is 18.0 Å². The van der Waals surface area contributed by atoms with Crippen LogP contribution in [0, 0.1) is 17.5 Å². The Labute approximate surface area is 110 Å². The molecule has 1 aliphatic rings. The second-order valence-electron chi connectivity index (χ2n) is 4.78. The van der Waals surface area contributed by atoms with Gasteiger partial charge in [0.15, 0.2) is 17.5 Å². The number of likely N-dealkylation sites (tertiary alicyclic amines) is 1. The minimum atomic E-state index is -1.59. The molecule has 1 heterocycles. The summed E-state index contributed by atoms with van der Waals surface area (Å²) in [5.74, 6) is -4.82. The van der Waals surface area contributed by atoms with E-state index in [2.05, 4.69) is 0 Å². The molecule has 1 aliphatic heterocycles. The van der Waals surface area contributed by atoms with E-state index in [-0.39, 0.29) is 11.6 Å². The smallest absolute Gasteiger partial charge is 0.257 e. The number of hydrogen-bond acceptors (Lipinski definition) is 1. The molecule has 104 valence electrons. The van der Waals surface area contributed by atoms with Crippen LogP contribution in [0.15, 0.2) is 12.1 Å². The lowest BCUT2D eigenvalue weighted by molar-refractivity contribution is 0.0602. The van der Waals surface area contributed by atoms with Crippen molar-refractivity contribution in [2.75, 3.05) is 6.54 Å². The summed E-state index contributed by atoms with van der Waals surface area (Å²) < 4.78 is 39.7. The molecule has 5 heteroatoms. The number of carbonyl (C=O) groups is 1. The first-order valence-electron chi connectivity index (χ1n) is 6.50. The normalized spacial score (nSPS) is 19.6. The molecule has 1 saturated heterocycles. The van der Waals surface area contributed by atoms with E-state index >= 15 is 0 Å². The van der Waals surface area contributed by atoms with Gasteiger partial charge in [-0.25, -0.2) is 13.2 Å². The van der Waals surface area contributed by atoms with Crippen molar-refractivity contribution in [3.63, 3.8) is 0 Å². The highest BCUT2D eigenvalue weighted by molar-refractivity contribution is 5.94. The number of carbonyl (C=O) groups excluding carboxylic acids is 1. The van der Waals surface area contributed by atoms with Crippen LogP contribution in [0.5, 0.6) is 0 Å². The third-order valence-electron chi connectivity index (χ3n) is 3.62. The lowest BCUT2D eigenvalue weighted by Gasteiger charge is -2.35. The van der Waals surface area contributed by atoms with Crippen LogP contribution in [-0.4, -0.2) is 23.4 Å². The summed E-state index contributed by atoms with van der Waals surface area (Å²) in [7, 11) is 0. The number of benzene rings is 1. The van der Waals surface area contributed by atoms with E-state index in [0.29, 0.717) is 6.54 Å². The Morgan fingerprint density at radius 1 is 1.26 bits per heavy atom. The maximum absolute atomic E-state index is 13.6. The molecule has 0 bridgehead atoms. The number of halogens is 3. The molecule has 1 amide bonds. The van der Waals surface area contributed by atoms with Crippen molar-refractivity contribution in [1.82, 2.24) is 4.90 Å². The lowest BCUT2D eigenvalue weighted by atomic mass is 9.98. The van der Waals surface area contributed by atoms with Gasteiger partial charge in [-0.15, -0.1) is 0 Å². The summed E-state index contributed by atoms with van der Waals surface area (Å²) in [5, 5.41) is 0. The Hall–Kier alpha value is -1.52. The van der Waals surface area contributed by atoms with Crippen molar-refractivity contribution >= 4 is 5.91 Å². The molecule has 0 spiro atoms. The number of hydrogen-bond donors (Lipinski definition) is 0. The summed E-state index contributed by atoms with van der Waals surface area (Å²) in [6.07, 6.45) is 3.53. The molecule has 0 saturated carbocycles. The van der Waals surface area contributed by atoms with Gasteiger partial charge < -0.3 is 4.90 Å². The van der Waals surface area contributed by atoms with Crippen LogP contribution in [0.1, 0.15) is 43.0 Å². The molecule has 0 radical (unpaired) electrons. The van der Waals surface area contributed by atoms with Crippen molar-refractivity contribution in [1.29, 1.82) is 0 Å². The maximum atomic E-state index is 13.6. The van der Waals surface area contributed by atoms with E-state index in [0.717, 1.165) is 37.8 Å². The SMILES string of the molecule is CCC1CCCCN1C(=O)c1ccc(F)c(F)c1F. The number of piperidine rings is 1. The third-order valence-corrected chi connectivity index (χ3v) is 3.62. The van der Waals surface area contributed by atoms with Gasteiger partial charge in [0, 0.05) is 12.6 Å². The quantitative estimate of drug-likeness (QED) is 0.754. The van der Waals surface area contributed by atoms with Gasteiger partial charge in [0.2, 0.25) is 0 Å². The van der Waals surface area contributed by atoms with Gasteiger partial charge in [-0.1, -0.05) is 6.92 Å². The first kappa shape index (κ1) is 13.9. The summed E-state index contributed by atoms with van der Waals surface area (Å²) in [4.78, 5) is 13.8. The van der Waals surface area contributed by atoms with Crippen LogP contribution in [0.3, 0.4) is 0 Å². The Balaban J connectivity index is 2.31. The third kappa shape index (κ3) is 2.60. The predicted molar refractivity (Wildman–Crippen MR) is 65.3 cm³/mol. The molecule has 19 heavy (non-hydrogen) atoms. The maximum Gasteiger partial charge on any atom is 0.257 e. The predicted octanol–water partition coefficient (Wildman–Crippen LogP) is 3.51. The average Bonchev–Trinajstić information content (AvgIpc) is 2.44. The topological polar surface area (TPSA) is 20.3 Å². The number of rotatable bonds is 2. The molecule has 1 fully saturated rings. The van der Waals surface area contributed by atoms with Crippen molar-refractivity contribution in [3.05, 3.63) is 35.1 Å². The fourth-order valence-corrected chi connectivity index (χ4v) is 2.54. The number of nitrogens with zero attached hydrogens (tertiary/aromatic N) is 1. The monoisotopic (exact) mass is 271 g/mol. The van der Waals surface area contributed by atoms with Gasteiger partial charge in [-0.05, 0) is 37.8 Å². The lowest BCUT2D eigenvalue weighted by Crippen LogP contribution is -2.43. The minimum Gasteiger partial charge on any atom is -0.336 e. The van der Waals surface area contributed by atoms with Gasteiger partial charge in [0.25, 0.3) is 5.91 Å². The largest absolute Gasteiger partial charge is 0.336 e. The highest BCUT2D eigenvalue weighted by Crippen LogP contribution is 2.24. The number of amides is 1. The first-order valence-corrected chi connectivity index (χ1v) is 6.50. The minimum absolute atomic E-state index is 0.0498. The van der Waals surface area contributed by atoms with Crippen LogP contribution < -0.4 is 0 Å². The second kappa shape index (κ2) is 5.63. The van der Waals surface area contributed by atoms with Crippen LogP contribution in [0.25, 0.3) is 0 Å². The Bertz CT molecular complexity index is 490. The molecule has 0 N–H and O–H groups in total. The zero-order valence-electron chi connectivity index (χ0n) is 10.8. The molecular weight excluding hydrogens is 255 g/mol. The highest BCUT2D eigenvalue weighted by Gasteiger charge is 2.29. The van der Waals surface area contributed by atoms with E-state index in [4.69, 9.17) is 0 Å². The summed E-state index contributed by atoms with van der Waals surface area (Å²) in [6, 6.07) is 1.85. The van der Waals surface area contributed by atoms with Crippen molar-refractivity contribution in [2.45, 2.75) is 38.6 Å². The summed E-state index contributed by atoms with van der Waals surface area (Å²) in [5.41, 5.74) is -0.390. The average molecular weight is 271 g/mol. The molecule has 2 nitrogen and oxygen atoms in total. The van der Waals surface area contributed by atoms with Crippen LogP contribution in [-0.2, 0) is 0 Å². The fourth-order valence-electron chi connectivity index (χ4n) is 2.54. The van der Waals surface area contributed by atoms with Crippen LogP contribution >= 0.6 is 0 Å². The zero-order valence-corrected chi connectivity index (χ0v) is 10.8. The molecule has 0 aromatic heterocycles. The van der Waals surface area contributed by atoms with E-state index in [1.165, 1.54) is 0 Å². The molecule has 1 aromatic carbocycles. The summed E-state index contributed by atoms with van der Waals surface area (Å²) >= 11 is 0. The van der Waals surface area contributed by atoms with E-state index in [9.17, 15) is 18.0 Å².